The summed E-state index contributed by atoms with van der Waals surface area (Å²) in [6.07, 6.45) is 4.47. The van der Waals surface area contributed by atoms with Crippen molar-refractivity contribution in [3.05, 3.63) is 80.1 Å². The predicted molar refractivity (Wildman–Crippen MR) is 143 cm³/mol. The number of halogens is 1. The van der Waals surface area contributed by atoms with Crippen molar-refractivity contribution in [2.45, 2.75) is 64.9 Å². The number of rotatable bonds is 6. The summed E-state index contributed by atoms with van der Waals surface area (Å²) < 4.78 is 13.0. The van der Waals surface area contributed by atoms with E-state index < -0.39 is 0 Å². The van der Waals surface area contributed by atoms with E-state index in [0.29, 0.717) is 37.6 Å². The second kappa shape index (κ2) is 10.3. The van der Waals surface area contributed by atoms with Crippen molar-refractivity contribution in [3.8, 4) is 11.5 Å². The minimum atomic E-state index is -0.367. The van der Waals surface area contributed by atoms with Crippen LogP contribution in [0.5, 0.6) is 11.5 Å². The summed E-state index contributed by atoms with van der Waals surface area (Å²) in [7, 11) is 2.02. The van der Waals surface area contributed by atoms with Crippen LogP contribution in [0.3, 0.4) is 0 Å². The van der Waals surface area contributed by atoms with E-state index in [-0.39, 0.29) is 17.5 Å². The Morgan fingerprint density at radius 3 is 2.11 bits per heavy atom. The van der Waals surface area contributed by atoms with Gasteiger partial charge in [-0.15, -0.1) is 0 Å². The fourth-order valence-electron chi connectivity index (χ4n) is 5.68. The normalized spacial score (nSPS) is 18.4. The van der Waals surface area contributed by atoms with Gasteiger partial charge in [0.2, 0.25) is 0 Å². The molecule has 2 aromatic carbocycles. The lowest BCUT2D eigenvalue weighted by molar-refractivity contribution is -0.117. The van der Waals surface area contributed by atoms with Gasteiger partial charge in [-0.05, 0) is 78.7 Å². The molecule has 36 heavy (non-hydrogen) atoms. The molecule has 0 fully saturated rings. The summed E-state index contributed by atoms with van der Waals surface area (Å²) >= 11 is 3.72. The summed E-state index contributed by atoms with van der Waals surface area (Å²) in [5, 5.41) is 0. The van der Waals surface area contributed by atoms with Gasteiger partial charge in [0, 0.05) is 48.3 Å². The van der Waals surface area contributed by atoms with Gasteiger partial charge in [-0.3, -0.25) is 9.59 Å². The van der Waals surface area contributed by atoms with Gasteiger partial charge in [-0.25, -0.2) is 0 Å². The molecule has 0 saturated carbocycles. The maximum Gasteiger partial charge on any atom is 0.175 e. The van der Waals surface area contributed by atoms with Crippen molar-refractivity contribution >= 4 is 27.5 Å². The Bertz CT molecular complexity index is 1230. The molecule has 2 aromatic rings. The Hall–Kier alpha value is -2.86. The fraction of sp³-hybridized carbons (Fsp3) is 0.400. The molecule has 0 amide bonds. The highest BCUT2D eigenvalue weighted by Crippen LogP contribution is 2.50. The summed E-state index contributed by atoms with van der Waals surface area (Å²) in [5.74, 6) is 1.17. The Kier molecular flexibility index (Phi) is 7.07. The topological polar surface area (TPSA) is 55.8 Å². The number of benzene rings is 2. The number of hydrogen-bond donors (Lipinski definition) is 0. The molecule has 1 aliphatic heterocycles. The van der Waals surface area contributed by atoms with Crippen molar-refractivity contribution in [3.63, 3.8) is 0 Å². The first-order valence-electron chi connectivity index (χ1n) is 12.8. The minimum Gasteiger partial charge on any atom is -0.490 e. The molecule has 0 unspecified atom stereocenters. The van der Waals surface area contributed by atoms with E-state index in [2.05, 4.69) is 52.0 Å². The van der Waals surface area contributed by atoms with E-state index in [0.717, 1.165) is 63.8 Å². The molecule has 3 aliphatic rings. The summed E-state index contributed by atoms with van der Waals surface area (Å²) in [4.78, 5) is 28.7. The van der Waals surface area contributed by atoms with Crippen molar-refractivity contribution in [1.82, 2.24) is 4.90 Å². The monoisotopic (exact) mass is 549 g/mol. The number of aryl methyl sites for hydroxylation is 1. The van der Waals surface area contributed by atoms with Crippen LogP contribution in [-0.2, 0) is 16.2 Å². The third kappa shape index (κ3) is 4.52. The third-order valence-corrected chi connectivity index (χ3v) is 8.00. The van der Waals surface area contributed by atoms with Gasteiger partial charge < -0.3 is 14.4 Å². The van der Waals surface area contributed by atoms with Gasteiger partial charge in [0.25, 0.3) is 0 Å². The van der Waals surface area contributed by atoms with Crippen LogP contribution < -0.4 is 9.47 Å². The van der Waals surface area contributed by atoms with E-state index in [1.807, 2.05) is 26.1 Å². The molecule has 0 spiro atoms. The Balaban J connectivity index is 1.59. The smallest absolute Gasteiger partial charge is 0.175 e. The second-order valence-corrected chi connectivity index (χ2v) is 10.7. The lowest BCUT2D eigenvalue weighted by atomic mass is 9.71. The Labute approximate surface area is 221 Å². The number of allylic oxidation sites excluding steroid dienone is 4. The molecule has 5 rings (SSSR count). The standard InChI is InChI=1S/C30H32BrNO4/c1-4-35-26-16-20(15-21(31)30(26)36-17-19-13-11-18(2)12-14-19)27-28-22(7-5-9-24(28)33)32(3)23-8-6-10-25(34)29(23)27/h11-16,27H,4-10,17H2,1-3H3. The highest BCUT2D eigenvalue weighted by Gasteiger charge is 2.42. The molecule has 188 valence electrons. The van der Waals surface area contributed by atoms with Gasteiger partial charge in [-0.2, -0.15) is 0 Å². The molecule has 0 N–H and O–H groups in total. The van der Waals surface area contributed by atoms with Gasteiger partial charge in [0.05, 0.1) is 11.1 Å². The van der Waals surface area contributed by atoms with Crippen molar-refractivity contribution in [2.24, 2.45) is 0 Å². The average molecular weight is 550 g/mol. The van der Waals surface area contributed by atoms with Gasteiger partial charge in [-0.1, -0.05) is 29.8 Å². The first-order valence-corrected chi connectivity index (χ1v) is 13.6. The number of ketones is 2. The summed E-state index contributed by atoms with van der Waals surface area (Å²) in [6, 6.07) is 12.2. The van der Waals surface area contributed by atoms with Crippen LogP contribution in [0.25, 0.3) is 0 Å². The van der Waals surface area contributed by atoms with E-state index in [4.69, 9.17) is 9.47 Å². The van der Waals surface area contributed by atoms with Crippen LogP contribution in [-0.4, -0.2) is 30.1 Å². The van der Waals surface area contributed by atoms with E-state index in [1.165, 1.54) is 5.56 Å². The zero-order chi connectivity index (χ0) is 25.4. The molecule has 0 radical (unpaired) electrons. The molecule has 0 aromatic heterocycles. The molecular formula is C30H32BrNO4. The van der Waals surface area contributed by atoms with E-state index >= 15 is 0 Å². The van der Waals surface area contributed by atoms with Crippen LogP contribution in [0, 0.1) is 6.92 Å². The van der Waals surface area contributed by atoms with Crippen LogP contribution >= 0.6 is 15.9 Å². The largest absolute Gasteiger partial charge is 0.490 e. The van der Waals surface area contributed by atoms with Crippen molar-refractivity contribution < 1.29 is 19.1 Å². The molecule has 1 heterocycles. The second-order valence-electron chi connectivity index (χ2n) is 9.80. The number of carbonyl (C=O) groups excluding carboxylic acids is 2. The number of ether oxygens (including phenoxy) is 2. The Morgan fingerprint density at radius 1 is 0.917 bits per heavy atom. The molecule has 0 atom stereocenters. The van der Waals surface area contributed by atoms with Gasteiger partial charge in [0.15, 0.2) is 23.1 Å². The zero-order valence-corrected chi connectivity index (χ0v) is 22.7. The first-order chi connectivity index (χ1) is 17.4. The highest BCUT2D eigenvalue weighted by molar-refractivity contribution is 9.10. The molecule has 2 aliphatic carbocycles. The lowest BCUT2D eigenvalue weighted by Gasteiger charge is -2.42. The summed E-state index contributed by atoms with van der Waals surface area (Å²) in [5.41, 5.74) is 6.86. The van der Waals surface area contributed by atoms with Crippen molar-refractivity contribution in [1.29, 1.82) is 0 Å². The number of nitrogens with zero attached hydrogens (tertiary/aromatic N) is 1. The van der Waals surface area contributed by atoms with Crippen LogP contribution in [0.15, 0.2) is 63.4 Å². The van der Waals surface area contributed by atoms with E-state index in [9.17, 15) is 9.59 Å². The van der Waals surface area contributed by atoms with Crippen LogP contribution in [0.1, 0.15) is 68.1 Å². The number of hydrogen-bond acceptors (Lipinski definition) is 5. The van der Waals surface area contributed by atoms with Gasteiger partial charge in [0.1, 0.15) is 6.61 Å². The van der Waals surface area contributed by atoms with Gasteiger partial charge >= 0.3 is 0 Å². The van der Waals surface area contributed by atoms with E-state index in [1.54, 1.807) is 0 Å². The predicted octanol–water partition coefficient (Wildman–Crippen LogP) is 6.78. The number of carbonyl (C=O) groups is 2. The SMILES string of the molecule is CCOc1cc(C2C3=C(CCCC3=O)N(C)C3=C2C(=O)CCC3)cc(Br)c1OCc1ccc(C)cc1. The molecule has 0 saturated heterocycles. The van der Waals surface area contributed by atoms with Crippen LogP contribution in [0.2, 0.25) is 0 Å². The number of Topliss-reactive ketones (excluding diaryl/α,β-unsaturated/α-hetero) is 2. The lowest BCUT2D eigenvalue weighted by Crippen LogP contribution is -2.37. The molecule has 0 bridgehead atoms. The molecule has 6 heteroatoms. The fourth-order valence-corrected chi connectivity index (χ4v) is 6.26. The minimum absolute atomic E-state index is 0.145. The quantitative estimate of drug-likeness (QED) is 0.397. The molecule has 5 nitrogen and oxygen atoms in total. The maximum absolute atomic E-state index is 13.3. The summed E-state index contributed by atoms with van der Waals surface area (Å²) in [6.45, 7) is 4.89. The zero-order valence-electron chi connectivity index (χ0n) is 21.2. The Morgan fingerprint density at radius 2 is 1.53 bits per heavy atom. The third-order valence-electron chi connectivity index (χ3n) is 7.41. The highest BCUT2D eigenvalue weighted by atomic mass is 79.9. The van der Waals surface area contributed by atoms with Crippen LogP contribution in [0.4, 0.5) is 0 Å². The molecular weight excluding hydrogens is 518 g/mol. The maximum atomic E-state index is 13.3. The first kappa shape index (κ1) is 24.8. The van der Waals surface area contributed by atoms with Crippen molar-refractivity contribution in [2.75, 3.05) is 13.7 Å². The average Bonchev–Trinajstić information content (AvgIpc) is 2.86.